The summed E-state index contributed by atoms with van der Waals surface area (Å²) in [6, 6.07) is 49.3. The van der Waals surface area contributed by atoms with Crippen molar-refractivity contribution in [2.45, 2.75) is 24.7 Å². The molecule has 5 aromatic carbocycles. The van der Waals surface area contributed by atoms with E-state index in [1.165, 1.54) is 72.2 Å². The van der Waals surface area contributed by atoms with Gasteiger partial charge in [-0.1, -0.05) is 127 Å². The van der Waals surface area contributed by atoms with Crippen LogP contribution >= 0.6 is 0 Å². The molecule has 1 aromatic heterocycles. The van der Waals surface area contributed by atoms with Crippen LogP contribution in [0.25, 0.3) is 44.3 Å². The fraction of sp³-hybridized carbons (Fsp3) is 0.0930. The van der Waals surface area contributed by atoms with Crippen molar-refractivity contribution < 1.29 is 0 Å². The Morgan fingerprint density at radius 2 is 1.27 bits per heavy atom. The number of para-hydroxylation sites is 1. The number of hydrogen-bond donors (Lipinski definition) is 0. The van der Waals surface area contributed by atoms with Crippen LogP contribution in [0.5, 0.6) is 0 Å². The molecule has 0 saturated heterocycles. The Labute approximate surface area is 257 Å². The van der Waals surface area contributed by atoms with Crippen LogP contribution < -0.4 is 0 Å². The molecular formula is C43H29N. The van der Waals surface area contributed by atoms with E-state index in [1.54, 1.807) is 5.57 Å². The van der Waals surface area contributed by atoms with E-state index in [0.29, 0.717) is 0 Å². The Balaban J connectivity index is 1.28. The summed E-state index contributed by atoms with van der Waals surface area (Å²) >= 11 is 0. The SMILES string of the molecule is C1=C(c2cc(-c3ccccc3)c3ccccc3n2)C2=C(CC1)C1(C3=C(Cc4ccccc43)c3ccccc31)c1ccccc12. The second kappa shape index (κ2) is 8.88. The summed E-state index contributed by atoms with van der Waals surface area (Å²) in [5.41, 5.74) is 20.1. The Morgan fingerprint density at radius 1 is 0.591 bits per heavy atom. The molecule has 0 amide bonds. The van der Waals surface area contributed by atoms with Gasteiger partial charge < -0.3 is 0 Å². The second-order valence-corrected chi connectivity index (χ2v) is 12.5. The summed E-state index contributed by atoms with van der Waals surface area (Å²) in [4.78, 5) is 5.37. The summed E-state index contributed by atoms with van der Waals surface area (Å²) in [6.45, 7) is 0. The van der Waals surface area contributed by atoms with Crippen molar-refractivity contribution in [1.29, 1.82) is 0 Å². The molecule has 10 rings (SSSR count). The molecule has 1 spiro atoms. The summed E-state index contributed by atoms with van der Waals surface area (Å²) in [6.07, 6.45) is 5.51. The fourth-order valence-corrected chi connectivity index (χ4v) is 8.85. The van der Waals surface area contributed by atoms with Crippen molar-refractivity contribution in [2.24, 2.45) is 0 Å². The van der Waals surface area contributed by atoms with Crippen LogP contribution in [-0.2, 0) is 11.8 Å². The van der Waals surface area contributed by atoms with Crippen molar-refractivity contribution >= 4 is 33.2 Å². The molecule has 4 aliphatic carbocycles. The average Bonchev–Trinajstić information content (AvgIpc) is 3.72. The number of fused-ring (bicyclic) bond motifs is 11. The molecule has 0 saturated carbocycles. The lowest BCUT2D eigenvalue weighted by Crippen LogP contribution is -2.28. The molecule has 0 fully saturated rings. The third kappa shape index (κ3) is 3.01. The van der Waals surface area contributed by atoms with Gasteiger partial charge in [-0.15, -0.1) is 0 Å². The molecule has 44 heavy (non-hydrogen) atoms. The first-order valence-electron chi connectivity index (χ1n) is 15.8. The Morgan fingerprint density at radius 3 is 2.14 bits per heavy atom. The third-order valence-corrected chi connectivity index (χ3v) is 10.4. The number of allylic oxidation sites excluding steroid dienone is 6. The highest BCUT2D eigenvalue weighted by Gasteiger charge is 2.56. The molecule has 0 bridgehead atoms. The van der Waals surface area contributed by atoms with Gasteiger partial charge in [0, 0.05) is 11.0 Å². The lowest BCUT2D eigenvalue weighted by molar-refractivity contribution is 0.750. The highest BCUT2D eigenvalue weighted by Crippen LogP contribution is 2.68. The number of benzene rings is 5. The largest absolute Gasteiger partial charge is 0.248 e. The third-order valence-electron chi connectivity index (χ3n) is 10.4. The molecule has 6 aromatic rings. The highest BCUT2D eigenvalue weighted by atomic mass is 14.7. The van der Waals surface area contributed by atoms with E-state index in [0.717, 1.165) is 30.5 Å². The second-order valence-electron chi connectivity index (χ2n) is 12.5. The van der Waals surface area contributed by atoms with Crippen LogP contribution in [0.15, 0.2) is 145 Å². The van der Waals surface area contributed by atoms with Crippen LogP contribution in [0.1, 0.15) is 51.9 Å². The van der Waals surface area contributed by atoms with Crippen molar-refractivity contribution in [3.05, 3.63) is 184 Å². The van der Waals surface area contributed by atoms with Gasteiger partial charge in [0.25, 0.3) is 0 Å². The Bertz CT molecular complexity index is 2300. The quantitative estimate of drug-likeness (QED) is 0.206. The minimum absolute atomic E-state index is 0.275. The van der Waals surface area contributed by atoms with Crippen LogP contribution in [0, 0.1) is 0 Å². The van der Waals surface area contributed by atoms with Crippen LogP contribution in [0.4, 0.5) is 0 Å². The number of aromatic nitrogens is 1. The topological polar surface area (TPSA) is 12.9 Å². The average molecular weight is 560 g/mol. The molecule has 4 aliphatic rings. The van der Waals surface area contributed by atoms with Gasteiger partial charge in [-0.2, -0.15) is 0 Å². The Hall–Kier alpha value is -5.27. The predicted molar refractivity (Wildman–Crippen MR) is 182 cm³/mol. The molecule has 1 atom stereocenters. The van der Waals surface area contributed by atoms with Crippen molar-refractivity contribution in [2.75, 3.05) is 0 Å². The van der Waals surface area contributed by atoms with E-state index in [1.807, 2.05) is 0 Å². The molecule has 1 heterocycles. The van der Waals surface area contributed by atoms with Gasteiger partial charge in [-0.05, 0) is 98.2 Å². The van der Waals surface area contributed by atoms with Crippen molar-refractivity contribution in [1.82, 2.24) is 4.98 Å². The lowest BCUT2D eigenvalue weighted by atomic mass is 9.65. The maximum absolute atomic E-state index is 5.37. The van der Waals surface area contributed by atoms with E-state index in [-0.39, 0.29) is 5.41 Å². The van der Waals surface area contributed by atoms with Crippen LogP contribution in [-0.4, -0.2) is 4.98 Å². The summed E-state index contributed by atoms with van der Waals surface area (Å²) in [5, 5.41) is 1.19. The summed E-state index contributed by atoms with van der Waals surface area (Å²) in [5.74, 6) is 0. The summed E-state index contributed by atoms with van der Waals surface area (Å²) < 4.78 is 0. The first kappa shape index (κ1) is 24.2. The van der Waals surface area contributed by atoms with Gasteiger partial charge in [-0.3, -0.25) is 0 Å². The van der Waals surface area contributed by atoms with Crippen molar-refractivity contribution in [3.8, 4) is 11.1 Å². The van der Waals surface area contributed by atoms with E-state index < -0.39 is 0 Å². The number of rotatable bonds is 2. The number of hydrogen-bond acceptors (Lipinski definition) is 1. The number of nitrogens with zero attached hydrogens (tertiary/aromatic N) is 1. The molecule has 1 nitrogen and oxygen atoms in total. The van der Waals surface area contributed by atoms with Gasteiger partial charge in [0.1, 0.15) is 0 Å². The normalized spacial score (nSPS) is 19.1. The van der Waals surface area contributed by atoms with E-state index >= 15 is 0 Å². The van der Waals surface area contributed by atoms with Crippen molar-refractivity contribution in [3.63, 3.8) is 0 Å². The van der Waals surface area contributed by atoms with E-state index in [4.69, 9.17) is 4.98 Å². The zero-order valence-electron chi connectivity index (χ0n) is 24.3. The molecule has 1 heteroatoms. The Kier molecular flexibility index (Phi) is 4.88. The molecule has 0 radical (unpaired) electrons. The van der Waals surface area contributed by atoms with Gasteiger partial charge in [0.05, 0.1) is 16.6 Å². The predicted octanol–water partition coefficient (Wildman–Crippen LogP) is 10.3. The van der Waals surface area contributed by atoms with Gasteiger partial charge in [-0.25, -0.2) is 4.98 Å². The fourth-order valence-electron chi connectivity index (χ4n) is 8.85. The molecular weight excluding hydrogens is 530 g/mol. The zero-order valence-corrected chi connectivity index (χ0v) is 24.3. The van der Waals surface area contributed by atoms with Gasteiger partial charge >= 0.3 is 0 Å². The lowest BCUT2D eigenvalue weighted by Gasteiger charge is -2.36. The molecule has 206 valence electrons. The monoisotopic (exact) mass is 559 g/mol. The zero-order chi connectivity index (χ0) is 28.8. The highest BCUT2D eigenvalue weighted by molar-refractivity contribution is 6.18. The molecule has 1 unspecified atom stereocenters. The minimum Gasteiger partial charge on any atom is -0.248 e. The number of pyridine rings is 1. The first-order chi connectivity index (χ1) is 21.8. The smallest absolute Gasteiger partial charge is 0.0718 e. The summed E-state index contributed by atoms with van der Waals surface area (Å²) in [7, 11) is 0. The first-order valence-corrected chi connectivity index (χ1v) is 15.8. The van der Waals surface area contributed by atoms with E-state index in [9.17, 15) is 0 Å². The maximum Gasteiger partial charge on any atom is 0.0718 e. The molecule has 0 N–H and O–H groups in total. The van der Waals surface area contributed by atoms with Gasteiger partial charge in [0.2, 0.25) is 0 Å². The van der Waals surface area contributed by atoms with Crippen LogP contribution in [0.3, 0.4) is 0 Å². The molecule has 0 aliphatic heterocycles. The minimum atomic E-state index is -0.275. The van der Waals surface area contributed by atoms with Gasteiger partial charge in [0.15, 0.2) is 0 Å². The maximum atomic E-state index is 5.37. The van der Waals surface area contributed by atoms with E-state index in [2.05, 4.69) is 140 Å². The van der Waals surface area contributed by atoms with Crippen LogP contribution in [0.2, 0.25) is 0 Å². The standard InChI is InChI=1S/C43H29N/c1-2-13-27(14-3-1)34-26-40(44-39-24-11-8-18-31(34)39)33-20-12-23-38-41(33)32-19-7-10-22-37(32)43(38)36-21-9-6-17-30(36)35-25-28-15-4-5-16-29(28)42(35)43/h1-11,13-22,24,26H,12,23,25H2.